The fourth-order valence-electron chi connectivity index (χ4n) is 2.84. The Labute approximate surface area is 172 Å². The van der Waals surface area contributed by atoms with Crippen molar-refractivity contribution in [2.24, 2.45) is 0 Å². The second kappa shape index (κ2) is 8.52. The van der Waals surface area contributed by atoms with Crippen molar-refractivity contribution in [1.29, 1.82) is 0 Å². The van der Waals surface area contributed by atoms with E-state index in [0.29, 0.717) is 28.5 Å². The largest absolute Gasteiger partial charge is 0.339 e. The fraction of sp³-hybridized carbons (Fsp3) is 0.350. The van der Waals surface area contributed by atoms with Crippen LogP contribution in [0.2, 0.25) is 0 Å². The van der Waals surface area contributed by atoms with E-state index in [2.05, 4.69) is 37.6 Å². The van der Waals surface area contributed by atoms with Crippen LogP contribution in [0.15, 0.2) is 30.6 Å². The van der Waals surface area contributed by atoms with Crippen LogP contribution in [0, 0.1) is 6.92 Å². The second-order valence-corrected chi connectivity index (χ2v) is 6.99. The lowest BCUT2D eigenvalue weighted by atomic mass is 10.1. The number of nitrogens with one attached hydrogen (secondary N) is 2. The van der Waals surface area contributed by atoms with Gasteiger partial charge in [0.2, 0.25) is 11.7 Å². The number of hydrogen-bond acceptors (Lipinski definition) is 6. The predicted octanol–water partition coefficient (Wildman–Crippen LogP) is 4.27. The van der Waals surface area contributed by atoms with Gasteiger partial charge in [-0.05, 0) is 19.4 Å². The minimum Gasteiger partial charge on any atom is -0.339 e. The summed E-state index contributed by atoms with van der Waals surface area (Å²) in [4.78, 5) is 23.5. The third kappa shape index (κ3) is 5.13. The number of halogens is 2. The summed E-state index contributed by atoms with van der Waals surface area (Å²) in [6.45, 7) is 6.55. The Hall–Kier alpha value is -3.43. The van der Waals surface area contributed by atoms with Crippen LogP contribution >= 0.6 is 0 Å². The molecule has 0 atom stereocenters. The van der Waals surface area contributed by atoms with E-state index >= 15 is 0 Å². The quantitative estimate of drug-likeness (QED) is 0.598. The highest BCUT2D eigenvalue weighted by Crippen LogP contribution is 2.31. The molecule has 0 fully saturated rings. The number of hydrogen-bond donors (Lipinski definition) is 2. The van der Waals surface area contributed by atoms with Gasteiger partial charge in [-0.3, -0.25) is 9.48 Å². The van der Waals surface area contributed by atoms with Crippen LogP contribution in [-0.4, -0.2) is 30.6 Å². The smallest absolute Gasteiger partial charge is 0.303 e. The van der Waals surface area contributed by atoms with Gasteiger partial charge in [-0.2, -0.15) is 13.9 Å². The molecule has 3 aromatic heterocycles. The van der Waals surface area contributed by atoms with Gasteiger partial charge in [-0.15, -0.1) is 0 Å². The molecule has 0 saturated carbocycles. The van der Waals surface area contributed by atoms with E-state index in [9.17, 15) is 13.6 Å². The molecule has 30 heavy (non-hydrogen) atoms. The Kier molecular flexibility index (Phi) is 6.04. The van der Waals surface area contributed by atoms with Gasteiger partial charge in [0.25, 0.3) is 0 Å². The van der Waals surface area contributed by atoms with E-state index in [4.69, 9.17) is 0 Å². The Balaban J connectivity index is 2.04. The zero-order valence-corrected chi connectivity index (χ0v) is 17.2. The molecule has 2 N–H and O–H groups in total. The van der Waals surface area contributed by atoms with Crippen molar-refractivity contribution in [1.82, 2.24) is 24.7 Å². The van der Waals surface area contributed by atoms with Gasteiger partial charge in [-0.25, -0.2) is 15.0 Å². The Morgan fingerprint density at radius 2 is 2.00 bits per heavy atom. The molecular weight excluding hydrogens is 392 g/mol. The monoisotopic (exact) mass is 415 g/mol. The summed E-state index contributed by atoms with van der Waals surface area (Å²) >= 11 is 0. The maximum atomic E-state index is 13.8. The molecule has 0 bridgehead atoms. The lowest BCUT2D eigenvalue weighted by molar-refractivity contribution is -0.114. The topological polar surface area (TPSA) is 97.6 Å². The fourth-order valence-corrected chi connectivity index (χ4v) is 2.84. The van der Waals surface area contributed by atoms with Crippen molar-refractivity contribution in [3.05, 3.63) is 42.1 Å². The van der Waals surface area contributed by atoms with E-state index in [1.54, 1.807) is 25.3 Å². The first-order chi connectivity index (χ1) is 14.2. The van der Waals surface area contributed by atoms with Crippen LogP contribution < -0.4 is 10.6 Å². The van der Waals surface area contributed by atoms with E-state index < -0.39 is 11.7 Å². The zero-order chi connectivity index (χ0) is 21.9. The highest BCUT2D eigenvalue weighted by Gasteiger charge is 2.29. The molecule has 0 radical (unpaired) electrons. The second-order valence-electron chi connectivity index (χ2n) is 6.99. The highest BCUT2D eigenvalue weighted by molar-refractivity contribution is 5.89. The third-order valence-corrected chi connectivity index (χ3v) is 4.09. The molecule has 0 aliphatic rings. The van der Waals surface area contributed by atoms with Crippen molar-refractivity contribution in [3.63, 3.8) is 0 Å². The number of nitrogens with zero attached hydrogens (tertiary/aromatic N) is 5. The van der Waals surface area contributed by atoms with Crippen LogP contribution in [0.5, 0.6) is 0 Å². The summed E-state index contributed by atoms with van der Waals surface area (Å²) in [5.41, 5.74) is 2.20. The molecule has 0 aromatic carbocycles. The van der Waals surface area contributed by atoms with Gasteiger partial charge in [0.15, 0.2) is 0 Å². The molecule has 3 heterocycles. The number of carbonyl (C=O) groups excluding carboxylic acids is 1. The average Bonchev–Trinajstić information content (AvgIpc) is 3.09. The van der Waals surface area contributed by atoms with Gasteiger partial charge < -0.3 is 10.6 Å². The maximum absolute atomic E-state index is 13.8. The molecule has 158 valence electrons. The Morgan fingerprint density at radius 1 is 1.23 bits per heavy atom. The molecular formula is C20H23F2N7O. The predicted molar refractivity (Wildman–Crippen MR) is 110 cm³/mol. The van der Waals surface area contributed by atoms with Crippen molar-refractivity contribution in [3.8, 4) is 11.3 Å². The molecule has 10 heteroatoms. The summed E-state index contributed by atoms with van der Waals surface area (Å²) in [6.07, 6.45) is 4.35. The van der Waals surface area contributed by atoms with Gasteiger partial charge in [0, 0.05) is 56.2 Å². The Morgan fingerprint density at radius 3 is 2.67 bits per heavy atom. The number of amides is 1. The lowest BCUT2D eigenvalue weighted by Gasteiger charge is -2.15. The number of carbonyl (C=O) groups is 1. The first-order valence-corrected chi connectivity index (χ1v) is 9.48. The summed E-state index contributed by atoms with van der Waals surface area (Å²) in [5.74, 6) is -3.51. The van der Waals surface area contributed by atoms with Crippen LogP contribution in [0.4, 0.5) is 26.1 Å². The van der Waals surface area contributed by atoms with Crippen molar-refractivity contribution >= 4 is 23.2 Å². The number of rotatable bonds is 7. The number of pyridine rings is 1. The highest BCUT2D eigenvalue weighted by atomic mass is 19.3. The summed E-state index contributed by atoms with van der Waals surface area (Å²) in [6, 6.07) is 5.01. The SMILES string of the molecule is CCCn1ccc(-c2cnc(NC(C)=O)cc2Nc2cc(C)nc(C(C)(F)F)n2)n1. The first kappa shape index (κ1) is 21.3. The Bertz CT molecular complexity index is 1060. The molecule has 3 aromatic rings. The molecule has 0 saturated heterocycles. The molecule has 0 unspecified atom stereocenters. The van der Waals surface area contributed by atoms with Crippen LogP contribution in [0.25, 0.3) is 11.3 Å². The number of anilines is 3. The standard InChI is InChI=1S/C20H23F2N7O/c1-5-7-29-8-6-15(28-29)14-11-23-17(25-13(3)30)10-16(14)26-18-9-12(2)24-19(27-18)20(4,21)22/h6,8-11H,5,7H2,1-4H3,(H2,23,24,25,26,27,30). The molecule has 1 amide bonds. The average molecular weight is 415 g/mol. The van der Waals surface area contributed by atoms with Crippen molar-refractivity contribution in [2.75, 3.05) is 10.6 Å². The molecule has 0 aliphatic carbocycles. The zero-order valence-electron chi connectivity index (χ0n) is 17.2. The van der Waals surface area contributed by atoms with Crippen molar-refractivity contribution < 1.29 is 13.6 Å². The van der Waals surface area contributed by atoms with Gasteiger partial charge in [0.05, 0.1) is 11.4 Å². The number of aryl methyl sites for hydroxylation is 2. The minimum atomic E-state index is -3.18. The van der Waals surface area contributed by atoms with Gasteiger partial charge >= 0.3 is 5.92 Å². The van der Waals surface area contributed by atoms with E-state index in [-0.39, 0.29) is 11.7 Å². The van der Waals surface area contributed by atoms with Crippen LogP contribution in [0.1, 0.15) is 38.7 Å². The maximum Gasteiger partial charge on any atom is 0.303 e. The van der Waals surface area contributed by atoms with E-state index in [1.807, 2.05) is 16.9 Å². The minimum absolute atomic E-state index is 0.202. The molecule has 8 nitrogen and oxygen atoms in total. The molecule has 0 aliphatic heterocycles. The summed E-state index contributed by atoms with van der Waals surface area (Å²) < 4.78 is 29.3. The van der Waals surface area contributed by atoms with Crippen LogP contribution in [-0.2, 0) is 17.3 Å². The third-order valence-electron chi connectivity index (χ3n) is 4.09. The number of alkyl halides is 2. The van der Waals surface area contributed by atoms with Crippen molar-refractivity contribution in [2.45, 2.75) is 46.6 Å². The number of aromatic nitrogens is 5. The first-order valence-electron chi connectivity index (χ1n) is 9.48. The summed E-state index contributed by atoms with van der Waals surface area (Å²) in [5, 5.41) is 10.2. The van der Waals surface area contributed by atoms with E-state index in [1.165, 1.54) is 6.92 Å². The van der Waals surface area contributed by atoms with Crippen LogP contribution in [0.3, 0.4) is 0 Å². The summed E-state index contributed by atoms with van der Waals surface area (Å²) in [7, 11) is 0. The molecule has 0 spiro atoms. The molecule has 3 rings (SSSR count). The normalized spacial score (nSPS) is 11.4. The van der Waals surface area contributed by atoms with E-state index in [0.717, 1.165) is 19.9 Å². The van der Waals surface area contributed by atoms with Gasteiger partial charge in [0.1, 0.15) is 11.6 Å². The van der Waals surface area contributed by atoms with Gasteiger partial charge in [-0.1, -0.05) is 6.92 Å². The lowest BCUT2D eigenvalue weighted by Crippen LogP contribution is -2.14.